The van der Waals surface area contributed by atoms with Gasteiger partial charge in [0.05, 0.1) is 12.1 Å². The highest BCUT2D eigenvalue weighted by molar-refractivity contribution is 6.33. The number of amides is 1. The Morgan fingerprint density at radius 2 is 2.27 bits per heavy atom. The van der Waals surface area contributed by atoms with E-state index in [-0.39, 0.29) is 23.0 Å². The fourth-order valence-electron chi connectivity index (χ4n) is 3.53. The van der Waals surface area contributed by atoms with E-state index in [2.05, 4.69) is 10.2 Å². The molecule has 0 spiro atoms. The van der Waals surface area contributed by atoms with Crippen LogP contribution < -0.4 is 15.8 Å². The average molecular weight is 384 g/mol. The molecule has 0 aliphatic carbocycles. The van der Waals surface area contributed by atoms with Crippen molar-refractivity contribution >= 4 is 17.5 Å². The Labute approximate surface area is 160 Å². The van der Waals surface area contributed by atoms with E-state index in [4.69, 9.17) is 22.1 Å². The number of rotatable bonds is 9. The third kappa shape index (κ3) is 4.81. The molecule has 1 aromatic carbocycles. The predicted molar refractivity (Wildman–Crippen MR) is 104 cm³/mol. The van der Waals surface area contributed by atoms with Gasteiger partial charge in [0, 0.05) is 12.6 Å². The minimum Gasteiger partial charge on any atom is -0.507 e. The Balaban J connectivity index is 2.07. The number of ether oxygens (including phenoxy) is 1. The number of nitrogens with one attached hydrogen (secondary N) is 1. The van der Waals surface area contributed by atoms with E-state index in [1.807, 2.05) is 6.92 Å². The van der Waals surface area contributed by atoms with Crippen LogP contribution in [0, 0.1) is 0 Å². The fraction of sp³-hybridized carbons (Fsp3) is 0.632. The molecule has 4 N–H and O–H groups in total. The van der Waals surface area contributed by atoms with E-state index in [1.165, 1.54) is 7.11 Å². The van der Waals surface area contributed by atoms with Gasteiger partial charge in [-0.2, -0.15) is 0 Å². The zero-order valence-corrected chi connectivity index (χ0v) is 16.4. The van der Waals surface area contributed by atoms with E-state index in [1.54, 1.807) is 6.07 Å². The van der Waals surface area contributed by atoms with Gasteiger partial charge in [0.1, 0.15) is 11.3 Å². The predicted octanol–water partition coefficient (Wildman–Crippen LogP) is 2.55. The number of hydrogen-bond donors (Lipinski definition) is 3. The maximum absolute atomic E-state index is 12.7. The number of hydrogen-bond acceptors (Lipinski definition) is 5. The van der Waals surface area contributed by atoms with Gasteiger partial charge in [0.25, 0.3) is 5.91 Å². The molecule has 26 heavy (non-hydrogen) atoms. The normalized spacial score (nSPS) is 17.5. The lowest BCUT2D eigenvalue weighted by Gasteiger charge is -2.25. The van der Waals surface area contributed by atoms with Gasteiger partial charge in [-0.3, -0.25) is 9.69 Å². The van der Waals surface area contributed by atoms with Crippen molar-refractivity contribution in [2.24, 2.45) is 5.73 Å². The third-order valence-electron chi connectivity index (χ3n) is 4.99. The minimum atomic E-state index is -0.356. The second kappa shape index (κ2) is 10.00. The van der Waals surface area contributed by atoms with Crippen LogP contribution in [0.4, 0.5) is 0 Å². The molecule has 0 bridgehead atoms. The summed E-state index contributed by atoms with van der Waals surface area (Å²) < 4.78 is 5.26. The van der Waals surface area contributed by atoms with Crippen LogP contribution in [0.5, 0.6) is 11.5 Å². The summed E-state index contributed by atoms with van der Waals surface area (Å²) >= 11 is 6.22. The molecule has 6 nitrogen and oxygen atoms in total. The summed E-state index contributed by atoms with van der Waals surface area (Å²) in [6, 6.07) is 1.96. The first kappa shape index (κ1) is 20.8. The molecule has 1 atom stereocenters. The molecule has 1 amide bonds. The molecule has 1 saturated heterocycles. The first-order chi connectivity index (χ1) is 12.5. The summed E-state index contributed by atoms with van der Waals surface area (Å²) in [7, 11) is 1.44. The number of nitrogens with two attached hydrogens (primary N) is 1. The number of nitrogens with zero attached hydrogens (tertiary/aromatic N) is 1. The van der Waals surface area contributed by atoms with Crippen LogP contribution in [-0.4, -0.2) is 55.2 Å². The van der Waals surface area contributed by atoms with E-state index < -0.39 is 0 Å². The number of benzene rings is 1. The number of aromatic hydroxyl groups is 1. The van der Waals surface area contributed by atoms with Gasteiger partial charge in [0.15, 0.2) is 5.75 Å². The van der Waals surface area contributed by atoms with Crippen molar-refractivity contribution in [1.82, 2.24) is 10.2 Å². The van der Waals surface area contributed by atoms with Crippen molar-refractivity contribution < 1.29 is 14.6 Å². The molecule has 2 rings (SSSR count). The lowest BCUT2D eigenvalue weighted by atomic mass is 10.0. The van der Waals surface area contributed by atoms with Gasteiger partial charge < -0.3 is 20.9 Å². The van der Waals surface area contributed by atoms with Crippen LogP contribution in [0.2, 0.25) is 5.02 Å². The Morgan fingerprint density at radius 3 is 2.92 bits per heavy atom. The van der Waals surface area contributed by atoms with Crippen LogP contribution in [0.15, 0.2) is 6.07 Å². The van der Waals surface area contributed by atoms with Crippen molar-refractivity contribution in [1.29, 1.82) is 0 Å². The van der Waals surface area contributed by atoms with Crippen LogP contribution in [0.3, 0.4) is 0 Å². The summed E-state index contributed by atoms with van der Waals surface area (Å²) in [6.07, 6.45) is 4.86. The molecule has 1 heterocycles. The summed E-state index contributed by atoms with van der Waals surface area (Å²) in [5, 5.41) is 13.7. The average Bonchev–Trinajstić information content (AvgIpc) is 3.08. The Kier molecular flexibility index (Phi) is 8.00. The molecule has 146 valence electrons. The summed E-state index contributed by atoms with van der Waals surface area (Å²) in [5.74, 6) is -0.201. The number of carbonyl (C=O) groups is 1. The molecular weight excluding hydrogens is 354 g/mol. The molecule has 0 aromatic heterocycles. The Hall–Kier alpha value is -1.50. The quantitative estimate of drug-likeness (QED) is 0.570. The molecule has 1 aromatic rings. The second-order valence-electron chi connectivity index (χ2n) is 6.67. The number of phenolic OH excluding ortho intramolecular Hbond substituents is 1. The molecule has 1 aliphatic rings. The largest absolute Gasteiger partial charge is 0.507 e. The van der Waals surface area contributed by atoms with Crippen molar-refractivity contribution in [2.75, 3.05) is 33.3 Å². The highest BCUT2D eigenvalue weighted by Gasteiger charge is 2.27. The summed E-state index contributed by atoms with van der Waals surface area (Å²) in [6.45, 7) is 5.21. The van der Waals surface area contributed by atoms with Gasteiger partial charge in [-0.1, -0.05) is 18.5 Å². The van der Waals surface area contributed by atoms with Crippen molar-refractivity contribution in [2.45, 2.75) is 45.1 Å². The highest BCUT2D eigenvalue weighted by Crippen LogP contribution is 2.38. The molecular formula is C19H30ClN3O3. The van der Waals surface area contributed by atoms with Crippen LogP contribution >= 0.6 is 11.6 Å². The number of unbranched alkanes of at least 4 members (excludes halogenated alkanes) is 1. The molecule has 0 saturated carbocycles. The standard InChI is InChI=1S/C19H30ClN3O3/c1-3-13-11-15(20)18(26-2)16(17(13)24)19(25)22-12-14-7-6-10-23(14)9-5-4-8-21/h11,14,24H,3-10,12,21H2,1-2H3,(H,22,25)/t14-/m0/s1. The minimum absolute atomic E-state index is 0.0579. The summed E-state index contributed by atoms with van der Waals surface area (Å²) in [5.41, 5.74) is 6.31. The fourth-order valence-corrected chi connectivity index (χ4v) is 3.84. The molecule has 0 radical (unpaired) electrons. The number of aryl methyl sites for hydroxylation is 1. The zero-order chi connectivity index (χ0) is 19.1. The first-order valence-corrected chi connectivity index (χ1v) is 9.71. The monoisotopic (exact) mass is 383 g/mol. The first-order valence-electron chi connectivity index (χ1n) is 9.34. The maximum atomic E-state index is 12.7. The maximum Gasteiger partial charge on any atom is 0.258 e. The van der Waals surface area contributed by atoms with Crippen LogP contribution in [0.25, 0.3) is 0 Å². The topological polar surface area (TPSA) is 87.8 Å². The smallest absolute Gasteiger partial charge is 0.258 e. The lowest BCUT2D eigenvalue weighted by molar-refractivity contribution is 0.0934. The van der Waals surface area contributed by atoms with Crippen LogP contribution in [-0.2, 0) is 6.42 Å². The van der Waals surface area contributed by atoms with E-state index in [0.717, 1.165) is 38.8 Å². The zero-order valence-electron chi connectivity index (χ0n) is 15.7. The molecule has 7 heteroatoms. The van der Waals surface area contributed by atoms with Crippen molar-refractivity contribution in [3.05, 3.63) is 22.2 Å². The highest BCUT2D eigenvalue weighted by atomic mass is 35.5. The number of carbonyl (C=O) groups excluding carboxylic acids is 1. The van der Waals surface area contributed by atoms with Gasteiger partial charge in [-0.05, 0) is 63.4 Å². The van der Waals surface area contributed by atoms with Gasteiger partial charge in [-0.25, -0.2) is 0 Å². The lowest BCUT2D eigenvalue weighted by Crippen LogP contribution is -2.40. The molecule has 1 fully saturated rings. The molecule has 0 unspecified atom stereocenters. The van der Waals surface area contributed by atoms with Gasteiger partial charge >= 0.3 is 0 Å². The van der Waals surface area contributed by atoms with E-state index in [9.17, 15) is 9.90 Å². The Morgan fingerprint density at radius 1 is 1.50 bits per heavy atom. The van der Waals surface area contributed by atoms with Crippen LogP contribution in [0.1, 0.15) is 48.5 Å². The van der Waals surface area contributed by atoms with Crippen molar-refractivity contribution in [3.8, 4) is 11.5 Å². The number of phenols is 1. The van der Waals surface area contributed by atoms with E-state index >= 15 is 0 Å². The van der Waals surface area contributed by atoms with Crippen molar-refractivity contribution in [3.63, 3.8) is 0 Å². The Bertz CT molecular complexity index is 625. The number of methoxy groups -OCH3 is 1. The number of likely N-dealkylation sites (tertiary alicyclic amines) is 1. The SMILES string of the molecule is CCc1cc(Cl)c(OC)c(C(=O)NC[C@@H]2CCCN2CCCCN)c1O. The summed E-state index contributed by atoms with van der Waals surface area (Å²) in [4.78, 5) is 15.1. The molecule has 1 aliphatic heterocycles. The van der Waals surface area contributed by atoms with Gasteiger partial charge in [-0.15, -0.1) is 0 Å². The third-order valence-corrected chi connectivity index (χ3v) is 5.28. The second-order valence-corrected chi connectivity index (χ2v) is 7.07. The number of halogens is 1. The van der Waals surface area contributed by atoms with Gasteiger partial charge in [0.2, 0.25) is 0 Å². The van der Waals surface area contributed by atoms with E-state index in [0.29, 0.717) is 36.1 Å².